The van der Waals surface area contributed by atoms with Crippen LogP contribution in [0.15, 0.2) is 36.7 Å². The summed E-state index contributed by atoms with van der Waals surface area (Å²) in [5, 5.41) is 3.54. The van der Waals surface area contributed by atoms with Crippen LogP contribution in [0.5, 0.6) is 0 Å². The van der Waals surface area contributed by atoms with Crippen molar-refractivity contribution in [3.8, 4) is 0 Å². The number of hydrogen-bond donors (Lipinski definition) is 1. The highest BCUT2D eigenvalue weighted by Crippen LogP contribution is 2.19. The molecule has 1 atom stereocenters. The lowest BCUT2D eigenvalue weighted by atomic mass is 10.1. The summed E-state index contributed by atoms with van der Waals surface area (Å²) in [7, 11) is 0. The van der Waals surface area contributed by atoms with E-state index in [0.717, 1.165) is 5.56 Å². The van der Waals surface area contributed by atoms with Crippen LogP contribution in [-0.4, -0.2) is 9.97 Å². The highest BCUT2D eigenvalue weighted by atomic mass is 35.5. The lowest BCUT2D eigenvalue weighted by Crippen LogP contribution is -2.08. The number of rotatable bonds is 3. The maximum absolute atomic E-state index is 12.8. The van der Waals surface area contributed by atoms with Gasteiger partial charge in [-0.15, -0.1) is 0 Å². The molecule has 0 spiro atoms. The average molecular weight is 252 g/mol. The Kier molecular flexibility index (Phi) is 3.54. The number of hydrogen-bond acceptors (Lipinski definition) is 3. The van der Waals surface area contributed by atoms with E-state index in [1.165, 1.54) is 18.5 Å². The Hall–Kier alpha value is -1.68. The van der Waals surface area contributed by atoms with Gasteiger partial charge in [0.25, 0.3) is 0 Å². The molecule has 1 aromatic carbocycles. The van der Waals surface area contributed by atoms with E-state index in [4.69, 9.17) is 11.6 Å². The van der Waals surface area contributed by atoms with Crippen molar-refractivity contribution in [2.45, 2.75) is 13.0 Å². The Balaban J connectivity index is 2.11. The van der Waals surface area contributed by atoms with Crippen LogP contribution in [0.1, 0.15) is 18.5 Å². The van der Waals surface area contributed by atoms with Crippen LogP contribution in [0.3, 0.4) is 0 Å². The van der Waals surface area contributed by atoms with Crippen molar-refractivity contribution in [3.05, 3.63) is 53.2 Å². The van der Waals surface area contributed by atoms with Crippen molar-refractivity contribution in [2.24, 2.45) is 0 Å². The third kappa shape index (κ3) is 3.14. The molecule has 0 saturated heterocycles. The molecule has 17 heavy (non-hydrogen) atoms. The molecule has 0 bridgehead atoms. The van der Waals surface area contributed by atoms with Crippen LogP contribution in [0.25, 0.3) is 0 Å². The van der Waals surface area contributed by atoms with Crippen LogP contribution in [0.2, 0.25) is 5.15 Å². The average Bonchev–Trinajstić information content (AvgIpc) is 2.29. The Morgan fingerprint density at radius 3 is 2.59 bits per heavy atom. The van der Waals surface area contributed by atoms with Crippen molar-refractivity contribution >= 4 is 17.4 Å². The van der Waals surface area contributed by atoms with Gasteiger partial charge in [0.05, 0.1) is 0 Å². The summed E-state index contributed by atoms with van der Waals surface area (Å²) in [5.41, 5.74) is 0.973. The van der Waals surface area contributed by atoms with Gasteiger partial charge < -0.3 is 5.32 Å². The monoisotopic (exact) mass is 251 g/mol. The van der Waals surface area contributed by atoms with Crippen LogP contribution in [0, 0.1) is 5.82 Å². The maximum atomic E-state index is 12.8. The molecule has 2 aromatic rings. The summed E-state index contributed by atoms with van der Waals surface area (Å²) in [6, 6.07) is 7.98. The van der Waals surface area contributed by atoms with E-state index in [1.807, 2.05) is 6.92 Å². The van der Waals surface area contributed by atoms with Gasteiger partial charge in [0.1, 0.15) is 23.1 Å². The van der Waals surface area contributed by atoms with E-state index >= 15 is 0 Å². The van der Waals surface area contributed by atoms with Gasteiger partial charge in [0.15, 0.2) is 0 Å². The molecule has 5 heteroatoms. The molecule has 1 aromatic heterocycles. The lowest BCUT2D eigenvalue weighted by molar-refractivity contribution is 0.626. The van der Waals surface area contributed by atoms with Gasteiger partial charge in [-0.1, -0.05) is 23.7 Å². The molecule has 1 N–H and O–H groups in total. The maximum Gasteiger partial charge on any atom is 0.134 e. The van der Waals surface area contributed by atoms with Crippen LogP contribution in [0.4, 0.5) is 10.2 Å². The lowest BCUT2D eigenvalue weighted by Gasteiger charge is -2.14. The minimum absolute atomic E-state index is 0.0153. The zero-order valence-electron chi connectivity index (χ0n) is 9.19. The van der Waals surface area contributed by atoms with Crippen molar-refractivity contribution in [3.63, 3.8) is 0 Å². The molecule has 0 radical (unpaired) electrons. The third-order valence-electron chi connectivity index (χ3n) is 2.37. The first-order valence-corrected chi connectivity index (χ1v) is 5.52. The van der Waals surface area contributed by atoms with Gasteiger partial charge in [-0.2, -0.15) is 0 Å². The van der Waals surface area contributed by atoms with Crippen molar-refractivity contribution in [2.75, 3.05) is 5.32 Å². The molecule has 3 nitrogen and oxygen atoms in total. The Bertz CT molecular complexity index is 501. The zero-order chi connectivity index (χ0) is 12.3. The van der Waals surface area contributed by atoms with E-state index in [0.29, 0.717) is 11.0 Å². The first-order chi connectivity index (χ1) is 8.15. The first kappa shape index (κ1) is 11.8. The molecule has 1 heterocycles. The van der Waals surface area contributed by atoms with Gasteiger partial charge in [-0.25, -0.2) is 14.4 Å². The molecule has 88 valence electrons. The van der Waals surface area contributed by atoms with Gasteiger partial charge in [0.2, 0.25) is 0 Å². The molecule has 0 amide bonds. The molecule has 0 aliphatic carbocycles. The predicted molar refractivity (Wildman–Crippen MR) is 65.5 cm³/mol. The summed E-state index contributed by atoms with van der Waals surface area (Å²) < 4.78 is 12.8. The molecular weight excluding hydrogens is 241 g/mol. The largest absolute Gasteiger partial charge is 0.363 e. The summed E-state index contributed by atoms with van der Waals surface area (Å²) in [6.07, 6.45) is 1.39. The number of halogens is 2. The Morgan fingerprint density at radius 1 is 1.24 bits per heavy atom. The number of nitrogens with zero attached hydrogens (tertiary/aromatic N) is 2. The smallest absolute Gasteiger partial charge is 0.134 e. The molecule has 0 saturated carbocycles. The number of benzene rings is 1. The minimum atomic E-state index is -0.244. The SMILES string of the molecule is CC(Nc1cc(Cl)ncn1)c1ccc(F)cc1. The van der Waals surface area contributed by atoms with E-state index in [2.05, 4.69) is 15.3 Å². The van der Waals surface area contributed by atoms with Crippen molar-refractivity contribution in [1.29, 1.82) is 0 Å². The first-order valence-electron chi connectivity index (χ1n) is 5.14. The zero-order valence-corrected chi connectivity index (χ0v) is 9.95. The van der Waals surface area contributed by atoms with E-state index in [1.54, 1.807) is 18.2 Å². The Morgan fingerprint density at radius 2 is 1.94 bits per heavy atom. The molecule has 1 unspecified atom stereocenters. The van der Waals surface area contributed by atoms with Crippen molar-refractivity contribution in [1.82, 2.24) is 9.97 Å². The number of aromatic nitrogens is 2. The summed E-state index contributed by atoms with van der Waals surface area (Å²) in [5.74, 6) is 0.396. The number of nitrogens with one attached hydrogen (secondary N) is 1. The van der Waals surface area contributed by atoms with Crippen LogP contribution >= 0.6 is 11.6 Å². The fourth-order valence-electron chi connectivity index (χ4n) is 1.47. The van der Waals surface area contributed by atoms with Crippen LogP contribution < -0.4 is 5.32 Å². The highest BCUT2D eigenvalue weighted by molar-refractivity contribution is 6.29. The van der Waals surface area contributed by atoms with E-state index < -0.39 is 0 Å². The minimum Gasteiger partial charge on any atom is -0.363 e. The summed E-state index contributed by atoms with van der Waals surface area (Å²) in [6.45, 7) is 1.96. The molecular formula is C12H11ClFN3. The standard InChI is InChI=1S/C12H11ClFN3/c1-8(9-2-4-10(14)5-3-9)17-12-6-11(13)15-7-16-12/h2-8H,1H3,(H,15,16,17). The number of anilines is 1. The molecule has 0 aliphatic heterocycles. The normalized spacial score (nSPS) is 12.2. The summed E-state index contributed by atoms with van der Waals surface area (Å²) in [4.78, 5) is 7.84. The van der Waals surface area contributed by atoms with Crippen LogP contribution in [-0.2, 0) is 0 Å². The second-order valence-electron chi connectivity index (χ2n) is 3.64. The van der Waals surface area contributed by atoms with E-state index in [9.17, 15) is 4.39 Å². The predicted octanol–water partition coefficient (Wildman–Crippen LogP) is 3.44. The van der Waals surface area contributed by atoms with Gasteiger partial charge in [-0.05, 0) is 24.6 Å². The second kappa shape index (κ2) is 5.10. The Labute approximate surface area is 104 Å². The van der Waals surface area contributed by atoms with Gasteiger partial charge in [0, 0.05) is 12.1 Å². The van der Waals surface area contributed by atoms with Gasteiger partial charge in [-0.3, -0.25) is 0 Å². The van der Waals surface area contributed by atoms with Crippen molar-refractivity contribution < 1.29 is 4.39 Å². The highest BCUT2D eigenvalue weighted by Gasteiger charge is 2.06. The third-order valence-corrected chi connectivity index (χ3v) is 2.57. The second-order valence-corrected chi connectivity index (χ2v) is 4.03. The topological polar surface area (TPSA) is 37.8 Å². The van der Waals surface area contributed by atoms with E-state index in [-0.39, 0.29) is 11.9 Å². The van der Waals surface area contributed by atoms with Gasteiger partial charge >= 0.3 is 0 Å². The summed E-state index contributed by atoms with van der Waals surface area (Å²) >= 11 is 5.75. The quantitative estimate of drug-likeness (QED) is 0.849. The molecule has 0 fully saturated rings. The fraction of sp³-hybridized carbons (Fsp3) is 0.167. The molecule has 2 rings (SSSR count). The molecule has 0 aliphatic rings. The fourth-order valence-corrected chi connectivity index (χ4v) is 1.62.